The third-order valence-electron chi connectivity index (χ3n) is 5.21. The Bertz CT molecular complexity index is 457. The van der Waals surface area contributed by atoms with Gasteiger partial charge >= 0.3 is 0 Å². The molecule has 4 heteroatoms. The standard InChI is InChI=1S/C16H27N3O/c1-12-14(11-19(2)18-12)15(17)13-6-9-20-16(10-13)7-4-3-5-8-16/h11,13,15H,3-10,17H2,1-2H3. The average Bonchev–Trinajstić information content (AvgIpc) is 2.78. The van der Waals surface area contributed by atoms with Crippen LogP contribution in [0.1, 0.15) is 62.2 Å². The SMILES string of the molecule is Cc1nn(C)cc1C(N)C1CCOC2(CCCCC2)C1. The van der Waals surface area contributed by atoms with E-state index in [-0.39, 0.29) is 11.6 Å². The second-order valence-corrected chi connectivity index (χ2v) is 6.71. The van der Waals surface area contributed by atoms with Crippen molar-refractivity contribution in [2.24, 2.45) is 18.7 Å². The van der Waals surface area contributed by atoms with Crippen molar-refractivity contribution in [3.05, 3.63) is 17.5 Å². The number of hydrogen-bond acceptors (Lipinski definition) is 3. The van der Waals surface area contributed by atoms with E-state index in [1.54, 1.807) is 0 Å². The summed E-state index contributed by atoms with van der Waals surface area (Å²) in [6.07, 6.45) is 10.7. The fourth-order valence-electron chi connectivity index (χ4n) is 4.12. The van der Waals surface area contributed by atoms with E-state index < -0.39 is 0 Å². The molecule has 20 heavy (non-hydrogen) atoms. The van der Waals surface area contributed by atoms with Crippen LogP contribution in [0, 0.1) is 12.8 Å². The van der Waals surface area contributed by atoms with E-state index in [4.69, 9.17) is 10.5 Å². The van der Waals surface area contributed by atoms with Crippen molar-refractivity contribution in [2.75, 3.05) is 6.61 Å². The molecular formula is C16H27N3O. The lowest BCUT2D eigenvalue weighted by molar-refractivity contribution is -0.120. The molecule has 1 aliphatic carbocycles. The van der Waals surface area contributed by atoms with Crippen molar-refractivity contribution in [2.45, 2.75) is 63.5 Å². The van der Waals surface area contributed by atoms with Crippen LogP contribution in [0.5, 0.6) is 0 Å². The second kappa shape index (κ2) is 5.49. The quantitative estimate of drug-likeness (QED) is 0.904. The first-order valence-electron chi connectivity index (χ1n) is 7.99. The van der Waals surface area contributed by atoms with E-state index in [1.165, 1.54) is 37.7 Å². The minimum Gasteiger partial charge on any atom is -0.375 e. The molecule has 2 aliphatic rings. The van der Waals surface area contributed by atoms with Crippen LogP contribution in [0.4, 0.5) is 0 Å². The first kappa shape index (κ1) is 14.1. The zero-order valence-electron chi connectivity index (χ0n) is 12.8. The van der Waals surface area contributed by atoms with Crippen LogP contribution in [0.15, 0.2) is 6.20 Å². The first-order chi connectivity index (χ1) is 9.60. The molecule has 1 aliphatic heterocycles. The molecule has 4 nitrogen and oxygen atoms in total. The zero-order valence-corrected chi connectivity index (χ0v) is 12.8. The van der Waals surface area contributed by atoms with Gasteiger partial charge in [0, 0.05) is 31.5 Å². The van der Waals surface area contributed by atoms with Crippen molar-refractivity contribution >= 4 is 0 Å². The fraction of sp³-hybridized carbons (Fsp3) is 0.812. The highest BCUT2D eigenvalue weighted by Crippen LogP contribution is 2.43. The molecule has 112 valence electrons. The molecule has 0 amide bonds. The Morgan fingerprint density at radius 1 is 1.40 bits per heavy atom. The summed E-state index contributed by atoms with van der Waals surface area (Å²) in [4.78, 5) is 0. The summed E-state index contributed by atoms with van der Waals surface area (Å²) in [6, 6.07) is 0.103. The predicted octanol–water partition coefficient (Wildman–Crippen LogP) is 2.86. The Labute approximate surface area is 121 Å². The smallest absolute Gasteiger partial charge is 0.0685 e. The second-order valence-electron chi connectivity index (χ2n) is 6.71. The molecule has 1 spiro atoms. The lowest BCUT2D eigenvalue weighted by Gasteiger charge is -2.45. The molecule has 0 aromatic carbocycles. The summed E-state index contributed by atoms with van der Waals surface area (Å²) < 4.78 is 8.06. The maximum atomic E-state index is 6.56. The summed E-state index contributed by atoms with van der Waals surface area (Å²) in [5, 5.41) is 4.44. The molecule has 0 radical (unpaired) electrons. The molecule has 1 aromatic heterocycles. The molecule has 1 aromatic rings. The number of nitrogens with zero attached hydrogens (tertiary/aromatic N) is 2. The van der Waals surface area contributed by atoms with Gasteiger partial charge in [0.15, 0.2) is 0 Å². The van der Waals surface area contributed by atoms with Gasteiger partial charge in [-0.15, -0.1) is 0 Å². The van der Waals surface area contributed by atoms with Crippen LogP contribution in [0.25, 0.3) is 0 Å². The highest BCUT2D eigenvalue weighted by molar-refractivity contribution is 5.21. The topological polar surface area (TPSA) is 53.1 Å². The van der Waals surface area contributed by atoms with Crippen molar-refractivity contribution in [1.82, 2.24) is 9.78 Å². The number of nitrogens with two attached hydrogens (primary N) is 1. The van der Waals surface area contributed by atoms with E-state index >= 15 is 0 Å². The highest BCUT2D eigenvalue weighted by atomic mass is 16.5. The van der Waals surface area contributed by atoms with Gasteiger partial charge in [-0.05, 0) is 38.5 Å². The van der Waals surface area contributed by atoms with Gasteiger partial charge in [0.1, 0.15) is 0 Å². The van der Waals surface area contributed by atoms with E-state index in [0.717, 1.165) is 25.1 Å². The minimum atomic E-state index is 0.103. The molecule has 2 atom stereocenters. The van der Waals surface area contributed by atoms with E-state index in [2.05, 4.69) is 18.2 Å². The van der Waals surface area contributed by atoms with Gasteiger partial charge in [-0.25, -0.2) is 0 Å². The molecule has 0 bridgehead atoms. The van der Waals surface area contributed by atoms with Gasteiger partial charge in [-0.2, -0.15) is 5.10 Å². The van der Waals surface area contributed by atoms with Crippen LogP contribution in [-0.4, -0.2) is 22.0 Å². The summed E-state index contributed by atoms with van der Waals surface area (Å²) in [5.74, 6) is 0.532. The normalized spacial score (nSPS) is 27.6. The van der Waals surface area contributed by atoms with Crippen LogP contribution >= 0.6 is 0 Å². The Hall–Kier alpha value is -0.870. The molecule has 2 fully saturated rings. The van der Waals surface area contributed by atoms with Gasteiger partial charge in [0.25, 0.3) is 0 Å². The third kappa shape index (κ3) is 2.63. The van der Waals surface area contributed by atoms with Crippen molar-refractivity contribution in [3.63, 3.8) is 0 Å². The van der Waals surface area contributed by atoms with E-state index in [9.17, 15) is 0 Å². The predicted molar refractivity (Wildman–Crippen MR) is 79.4 cm³/mol. The summed E-state index contributed by atoms with van der Waals surface area (Å²) >= 11 is 0. The van der Waals surface area contributed by atoms with Crippen LogP contribution < -0.4 is 5.73 Å². The largest absolute Gasteiger partial charge is 0.375 e. The molecule has 2 heterocycles. The van der Waals surface area contributed by atoms with Crippen LogP contribution in [0.3, 0.4) is 0 Å². The van der Waals surface area contributed by atoms with Gasteiger partial charge < -0.3 is 10.5 Å². The third-order valence-corrected chi connectivity index (χ3v) is 5.21. The first-order valence-corrected chi connectivity index (χ1v) is 7.99. The lowest BCUT2D eigenvalue weighted by atomic mass is 9.73. The number of aromatic nitrogens is 2. The zero-order chi connectivity index (χ0) is 14.2. The van der Waals surface area contributed by atoms with Crippen LogP contribution in [0.2, 0.25) is 0 Å². The Balaban J connectivity index is 1.74. The van der Waals surface area contributed by atoms with Gasteiger partial charge in [0.2, 0.25) is 0 Å². The van der Waals surface area contributed by atoms with Crippen molar-refractivity contribution in [1.29, 1.82) is 0 Å². The highest BCUT2D eigenvalue weighted by Gasteiger charge is 2.40. The van der Waals surface area contributed by atoms with E-state index in [0.29, 0.717) is 5.92 Å². The number of aryl methyl sites for hydroxylation is 2. The molecule has 1 saturated heterocycles. The van der Waals surface area contributed by atoms with Gasteiger partial charge in [-0.1, -0.05) is 19.3 Å². The minimum absolute atomic E-state index is 0.103. The maximum absolute atomic E-state index is 6.56. The molecular weight excluding hydrogens is 250 g/mol. The number of rotatable bonds is 2. The summed E-state index contributed by atoms with van der Waals surface area (Å²) in [5.41, 5.74) is 8.99. The van der Waals surface area contributed by atoms with Gasteiger partial charge in [-0.3, -0.25) is 4.68 Å². The molecule has 3 rings (SSSR count). The lowest BCUT2D eigenvalue weighted by Crippen LogP contribution is -2.44. The maximum Gasteiger partial charge on any atom is 0.0685 e. The molecule has 1 saturated carbocycles. The summed E-state index contributed by atoms with van der Waals surface area (Å²) in [6.45, 7) is 2.93. The average molecular weight is 277 g/mol. The number of ether oxygens (including phenoxy) is 1. The summed E-state index contributed by atoms with van der Waals surface area (Å²) in [7, 11) is 1.97. The Kier molecular flexibility index (Phi) is 3.87. The number of hydrogen-bond donors (Lipinski definition) is 1. The van der Waals surface area contributed by atoms with Crippen molar-refractivity contribution < 1.29 is 4.74 Å². The van der Waals surface area contributed by atoms with Crippen LogP contribution in [-0.2, 0) is 11.8 Å². The van der Waals surface area contributed by atoms with Gasteiger partial charge in [0.05, 0.1) is 11.3 Å². The monoisotopic (exact) mass is 277 g/mol. The molecule has 2 unspecified atom stereocenters. The van der Waals surface area contributed by atoms with Crippen molar-refractivity contribution in [3.8, 4) is 0 Å². The Morgan fingerprint density at radius 2 is 2.15 bits per heavy atom. The van der Waals surface area contributed by atoms with E-state index in [1.807, 2.05) is 11.7 Å². The molecule has 2 N–H and O–H groups in total. The fourth-order valence-corrected chi connectivity index (χ4v) is 4.12. The Morgan fingerprint density at radius 3 is 2.80 bits per heavy atom.